The van der Waals surface area contributed by atoms with E-state index < -0.39 is 0 Å². The van der Waals surface area contributed by atoms with Gasteiger partial charge in [-0.25, -0.2) is 15.0 Å². The van der Waals surface area contributed by atoms with Gasteiger partial charge in [-0.3, -0.25) is 0 Å². The van der Waals surface area contributed by atoms with Gasteiger partial charge in [0.15, 0.2) is 5.82 Å². The quantitative estimate of drug-likeness (QED) is 0.211. The van der Waals surface area contributed by atoms with Gasteiger partial charge < -0.3 is 4.57 Å². The lowest BCUT2D eigenvalue weighted by Gasteiger charge is -2.23. The Hall–Kier alpha value is -4.04. The molecule has 0 atom stereocenters. The third-order valence-electron chi connectivity index (χ3n) is 8.08. The molecule has 3 aromatic carbocycles. The standard InChI is InChI=1S/C38H45N5/c1-35(2,3)24-14-17-29-26(20-24)27-21-25(36(4,5)6)15-18-30(27)43(29)31-16-13-23(22-39)19-28(31)32-40-33(37(7,8)9)42-34(41-32)38(10,11)12/h13-21H,1-12H3. The summed E-state index contributed by atoms with van der Waals surface area (Å²) in [5.41, 5.74) is 6.62. The molecule has 0 aliphatic carbocycles. The van der Waals surface area contributed by atoms with E-state index in [0.29, 0.717) is 11.4 Å². The van der Waals surface area contributed by atoms with Crippen LogP contribution in [0.3, 0.4) is 0 Å². The van der Waals surface area contributed by atoms with Gasteiger partial charge in [0.1, 0.15) is 11.6 Å². The zero-order valence-electron chi connectivity index (χ0n) is 27.9. The maximum atomic E-state index is 9.95. The third kappa shape index (κ3) is 5.68. The molecule has 0 spiro atoms. The van der Waals surface area contributed by atoms with Crippen molar-refractivity contribution in [1.29, 1.82) is 5.26 Å². The summed E-state index contributed by atoms with van der Waals surface area (Å²) in [6.07, 6.45) is 0. The van der Waals surface area contributed by atoms with E-state index in [-0.39, 0.29) is 21.7 Å². The first-order chi connectivity index (χ1) is 19.8. The fraction of sp³-hybridized carbons (Fsp3) is 0.421. The van der Waals surface area contributed by atoms with Crippen LogP contribution in [0.4, 0.5) is 0 Å². The molecule has 2 aromatic heterocycles. The number of aromatic nitrogens is 4. The van der Waals surface area contributed by atoms with Gasteiger partial charge in [0, 0.05) is 27.2 Å². The molecule has 0 saturated heterocycles. The van der Waals surface area contributed by atoms with Crippen LogP contribution in [0, 0.1) is 11.3 Å². The first kappa shape index (κ1) is 30.4. The van der Waals surface area contributed by atoms with Crippen molar-refractivity contribution in [3.8, 4) is 23.1 Å². The van der Waals surface area contributed by atoms with Gasteiger partial charge >= 0.3 is 0 Å². The molecule has 2 heterocycles. The maximum absolute atomic E-state index is 9.95. The van der Waals surface area contributed by atoms with E-state index in [1.165, 1.54) is 21.9 Å². The van der Waals surface area contributed by atoms with Crippen molar-refractivity contribution in [3.05, 3.63) is 82.9 Å². The highest BCUT2D eigenvalue weighted by Gasteiger charge is 2.27. The minimum Gasteiger partial charge on any atom is -0.308 e. The van der Waals surface area contributed by atoms with Crippen molar-refractivity contribution >= 4 is 21.8 Å². The SMILES string of the molecule is CC(C)(C)c1ccc2c(c1)c1cc(C(C)(C)C)ccc1n2-c1ccc(C#N)cc1-c1nc(C(C)(C)C)nc(C(C)(C)C)n1. The summed E-state index contributed by atoms with van der Waals surface area (Å²) in [6, 6.07) is 21.9. The molecule has 43 heavy (non-hydrogen) atoms. The van der Waals surface area contributed by atoms with E-state index in [4.69, 9.17) is 15.0 Å². The van der Waals surface area contributed by atoms with Crippen molar-refractivity contribution < 1.29 is 0 Å². The van der Waals surface area contributed by atoms with Crippen LogP contribution in [0.25, 0.3) is 38.9 Å². The van der Waals surface area contributed by atoms with Gasteiger partial charge in [-0.15, -0.1) is 0 Å². The minimum absolute atomic E-state index is 0.0153. The summed E-state index contributed by atoms with van der Waals surface area (Å²) >= 11 is 0. The summed E-state index contributed by atoms with van der Waals surface area (Å²) in [7, 11) is 0. The molecule has 222 valence electrons. The Kier molecular flexibility index (Phi) is 7.08. The van der Waals surface area contributed by atoms with Crippen molar-refractivity contribution in [2.75, 3.05) is 0 Å². The van der Waals surface area contributed by atoms with E-state index in [1.54, 1.807) is 0 Å². The van der Waals surface area contributed by atoms with Crippen LogP contribution < -0.4 is 0 Å². The van der Waals surface area contributed by atoms with E-state index >= 15 is 0 Å². The van der Waals surface area contributed by atoms with Crippen LogP contribution >= 0.6 is 0 Å². The summed E-state index contributed by atoms with van der Waals surface area (Å²) < 4.78 is 2.32. The third-order valence-corrected chi connectivity index (χ3v) is 8.08. The van der Waals surface area contributed by atoms with Gasteiger partial charge in [-0.1, -0.05) is 95.2 Å². The molecule has 5 heteroatoms. The fourth-order valence-corrected chi connectivity index (χ4v) is 5.36. The monoisotopic (exact) mass is 571 g/mol. The number of rotatable bonds is 2. The molecule has 0 N–H and O–H groups in total. The molecule has 0 fully saturated rings. The molecule has 0 saturated carbocycles. The van der Waals surface area contributed by atoms with Crippen molar-refractivity contribution in [2.24, 2.45) is 0 Å². The van der Waals surface area contributed by atoms with Gasteiger partial charge in [0.2, 0.25) is 0 Å². The second-order valence-electron chi connectivity index (χ2n) is 15.9. The highest BCUT2D eigenvalue weighted by Crippen LogP contribution is 2.40. The predicted octanol–water partition coefficient (Wildman–Crippen LogP) is 9.70. The Morgan fingerprint density at radius 2 is 1.02 bits per heavy atom. The molecular weight excluding hydrogens is 526 g/mol. The summed E-state index contributed by atoms with van der Waals surface area (Å²) in [5, 5.41) is 12.4. The van der Waals surface area contributed by atoms with E-state index in [2.05, 4.69) is 130 Å². The van der Waals surface area contributed by atoms with Crippen molar-refractivity contribution in [2.45, 2.75) is 105 Å². The lowest BCUT2D eigenvalue weighted by molar-refractivity contribution is 0.497. The lowest BCUT2D eigenvalue weighted by atomic mass is 9.85. The van der Waals surface area contributed by atoms with Crippen LogP contribution in [0.1, 0.15) is 111 Å². The number of benzene rings is 3. The van der Waals surface area contributed by atoms with Gasteiger partial charge in [-0.2, -0.15) is 5.26 Å². The summed E-state index contributed by atoms with van der Waals surface area (Å²) in [5.74, 6) is 2.06. The summed E-state index contributed by atoms with van der Waals surface area (Å²) in [6.45, 7) is 26.3. The Morgan fingerprint density at radius 3 is 1.42 bits per heavy atom. The Morgan fingerprint density at radius 1 is 0.558 bits per heavy atom. The molecule has 5 nitrogen and oxygen atoms in total. The molecular formula is C38H45N5. The second-order valence-corrected chi connectivity index (χ2v) is 15.9. The second kappa shape index (κ2) is 10.0. The highest BCUT2D eigenvalue weighted by molar-refractivity contribution is 6.10. The topological polar surface area (TPSA) is 67.4 Å². The average Bonchev–Trinajstić information content (AvgIpc) is 3.23. The number of nitriles is 1. The normalized spacial score (nSPS) is 13.1. The molecule has 0 amide bonds. The number of hydrogen-bond donors (Lipinski definition) is 0. The molecule has 5 rings (SSSR count). The Balaban J connectivity index is 1.92. The largest absolute Gasteiger partial charge is 0.308 e. The van der Waals surface area contributed by atoms with Gasteiger partial charge in [0.25, 0.3) is 0 Å². The van der Waals surface area contributed by atoms with Crippen LogP contribution in [0.2, 0.25) is 0 Å². The highest BCUT2D eigenvalue weighted by atomic mass is 15.1. The smallest absolute Gasteiger partial charge is 0.165 e. The van der Waals surface area contributed by atoms with E-state index in [0.717, 1.165) is 33.9 Å². The van der Waals surface area contributed by atoms with Gasteiger partial charge in [0.05, 0.1) is 28.4 Å². The Bertz CT molecular complexity index is 1800. The number of fused-ring (bicyclic) bond motifs is 3. The van der Waals surface area contributed by atoms with Crippen molar-refractivity contribution in [3.63, 3.8) is 0 Å². The van der Waals surface area contributed by atoms with Crippen LogP contribution in [-0.2, 0) is 21.7 Å². The first-order valence-electron chi connectivity index (χ1n) is 15.2. The fourth-order valence-electron chi connectivity index (χ4n) is 5.36. The number of nitrogens with zero attached hydrogens (tertiary/aromatic N) is 5. The zero-order chi connectivity index (χ0) is 31.7. The minimum atomic E-state index is -0.274. The molecule has 0 aliphatic rings. The first-order valence-corrected chi connectivity index (χ1v) is 15.2. The molecule has 0 aliphatic heterocycles. The average molecular weight is 572 g/mol. The lowest BCUT2D eigenvalue weighted by Crippen LogP contribution is -2.24. The van der Waals surface area contributed by atoms with Crippen molar-refractivity contribution in [1.82, 2.24) is 19.5 Å². The molecule has 0 unspecified atom stereocenters. The predicted molar refractivity (Wildman–Crippen MR) is 179 cm³/mol. The Labute approximate surface area is 257 Å². The van der Waals surface area contributed by atoms with Crippen LogP contribution in [-0.4, -0.2) is 19.5 Å². The van der Waals surface area contributed by atoms with E-state index in [1.807, 2.05) is 18.2 Å². The summed E-state index contributed by atoms with van der Waals surface area (Å²) in [4.78, 5) is 15.0. The maximum Gasteiger partial charge on any atom is 0.165 e. The zero-order valence-corrected chi connectivity index (χ0v) is 27.9. The molecule has 0 bridgehead atoms. The van der Waals surface area contributed by atoms with Crippen LogP contribution in [0.5, 0.6) is 0 Å². The number of hydrogen-bond acceptors (Lipinski definition) is 4. The van der Waals surface area contributed by atoms with E-state index in [9.17, 15) is 5.26 Å². The molecule has 0 radical (unpaired) electrons. The molecule has 5 aromatic rings. The van der Waals surface area contributed by atoms with Crippen LogP contribution in [0.15, 0.2) is 54.6 Å². The van der Waals surface area contributed by atoms with Gasteiger partial charge in [-0.05, 0) is 64.4 Å².